The van der Waals surface area contributed by atoms with E-state index in [1.165, 1.54) is 19.2 Å². The minimum atomic E-state index is -0.460. The van der Waals surface area contributed by atoms with Crippen LogP contribution in [0.2, 0.25) is 0 Å². The molecule has 1 aromatic rings. The largest absolute Gasteiger partial charge is 0.465 e. The van der Waals surface area contributed by atoms with E-state index >= 15 is 0 Å². The van der Waals surface area contributed by atoms with Gasteiger partial charge in [0.25, 0.3) is 0 Å². The Bertz CT molecular complexity index is 350. The van der Waals surface area contributed by atoms with E-state index in [9.17, 15) is 9.18 Å². The fraction of sp³-hybridized carbons (Fsp3) is 0.222. The van der Waals surface area contributed by atoms with Gasteiger partial charge in [0.05, 0.1) is 17.1 Å². The number of benzene rings is 1. The zero-order valence-electron chi connectivity index (χ0n) is 7.23. The van der Waals surface area contributed by atoms with Crippen LogP contribution in [0.1, 0.15) is 15.9 Å². The monoisotopic (exact) mass is 246 g/mol. The van der Waals surface area contributed by atoms with E-state index in [0.29, 0.717) is 15.6 Å². The SMILES string of the molecule is COC(=O)c1ccc(F)c(Br)c1C. The molecule has 13 heavy (non-hydrogen) atoms. The predicted octanol–water partition coefficient (Wildman–Crippen LogP) is 2.68. The molecule has 0 aromatic heterocycles. The molecule has 0 amide bonds. The second-order valence-electron chi connectivity index (χ2n) is 2.53. The van der Waals surface area contributed by atoms with Crippen molar-refractivity contribution in [1.29, 1.82) is 0 Å². The highest BCUT2D eigenvalue weighted by atomic mass is 79.9. The van der Waals surface area contributed by atoms with Gasteiger partial charge in [-0.2, -0.15) is 0 Å². The summed E-state index contributed by atoms with van der Waals surface area (Å²) in [5.41, 5.74) is 0.919. The zero-order chi connectivity index (χ0) is 10.0. The summed E-state index contributed by atoms with van der Waals surface area (Å²) in [6.45, 7) is 1.65. The van der Waals surface area contributed by atoms with Gasteiger partial charge in [0.1, 0.15) is 5.82 Å². The lowest BCUT2D eigenvalue weighted by atomic mass is 10.1. The maximum Gasteiger partial charge on any atom is 0.338 e. The van der Waals surface area contributed by atoms with E-state index in [1.54, 1.807) is 6.92 Å². The fourth-order valence-corrected chi connectivity index (χ4v) is 1.33. The van der Waals surface area contributed by atoms with Crippen molar-refractivity contribution in [2.24, 2.45) is 0 Å². The first-order valence-electron chi connectivity index (χ1n) is 3.61. The molecule has 0 N–H and O–H groups in total. The first kappa shape index (κ1) is 10.2. The Labute approximate surface area is 83.8 Å². The minimum Gasteiger partial charge on any atom is -0.465 e. The minimum absolute atomic E-state index is 0.301. The molecule has 0 saturated heterocycles. The Hall–Kier alpha value is -0.900. The van der Waals surface area contributed by atoms with Crippen LogP contribution in [0.5, 0.6) is 0 Å². The van der Waals surface area contributed by atoms with Crippen molar-refractivity contribution < 1.29 is 13.9 Å². The van der Waals surface area contributed by atoms with E-state index in [2.05, 4.69) is 20.7 Å². The summed E-state index contributed by atoms with van der Waals surface area (Å²) in [7, 11) is 1.29. The summed E-state index contributed by atoms with van der Waals surface area (Å²) in [5.74, 6) is -0.844. The highest BCUT2D eigenvalue weighted by Crippen LogP contribution is 2.23. The zero-order valence-corrected chi connectivity index (χ0v) is 8.81. The second kappa shape index (κ2) is 3.87. The number of carbonyl (C=O) groups is 1. The molecule has 0 saturated carbocycles. The van der Waals surface area contributed by atoms with Gasteiger partial charge in [-0.05, 0) is 40.5 Å². The lowest BCUT2D eigenvalue weighted by molar-refractivity contribution is 0.0600. The predicted molar refractivity (Wildman–Crippen MR) is 50.2 cm³/mol. The van der Waals surface area contributed by atoms with Crippen LogP contribution in [0.4, 0.5) is 4.39 Å². The normalized spacial score (nSPS) is 9.85. The van der Waals surface area contributed by atoms with E-state index in [4.69, 9.17) is 0 Å². The molecular weight excluding hydrogens is 239 g/mol. The smallest absolute Gasteiger partial charge is 0.338 e. The van der Waals surface area contributed by atoms with E-state index in [-0.39, 0.29) is 5.82 Å². The number of methoxy groups -OCH3 is 1. The van der Waals surface area contributed by atoms with Gasteiger partial charge in [-0.25, -0.2) is 9.18 Å². The molecule has 0 fully saturated rings. The third-order valence-corrected chi connectivity index (χ3v) is 2.72. The molecule has 2 nitrogen and oxygen atoms in total. The van der Waals surface area contributed by atoms with Crippen LogP contribution in [-0.4, -0.2) is 13.1 Å². The standard InChI is InChI=1S/C9H8BrFO2/c1-5-6(9(12)13-2)3-4-7(11)8(5)10/h3-4H,1-2H3. The molecule has 0 aliphatic rings. The molecular formula is C9H8BrFO2. The molecule has 0 bridgehead atoms. The summed E-state index contributed by atoms with van der Waals surface area (Å²) in [6.07, 6.45) is 0. The van der Waals surface area contributed by atoms with Gasteiger partial charge in [-0.3, -0.25) is 0 Å². The van der Waals surface area contributed by atoms with Crippen molar-refractivity contribution in [3.05, 3.63) is 33.5 Å². The Balaban J connectivity index is 3.26. The summed E-state index contributed by atoms with van der Waals surface area (Å²) < 4.78 is 17.8. The van der Waals surface area contributed by atoms with Gasteiger partial charge in [-0.1, -0.05) is 0 Å². The summed E-state index contributed by atoms with van der Waals surface area (Å²) in [5, 5.41) is 0. The maximum atomic E-state index is 12.9. The lowest BCUT2D eigenvalue weighted by Gasteiger charge is -2.05. The van der Waals surface area contributed by atoms with Crippen molar-refractivity contribution in [2.45, 2.75) is 6.92 Å². The van der Waals surface area contributed by atoms with Gasteiger partial charge >= 0.3 is 5.97 Å². The molecule has 0 aliphatic heterocycles. The van der Waals surface area contributed by atoms with Gasteiger partial charge in [0, 0.05) is 0 Å². The molecule has 0 heterocycles. The van der Waals surface area contributed by atoms with Crippen LogP contribution in [0.15, 0.2) is 16.6 Å². The molecule has 0 radical (unpaired) electrons. The van der Waals surface area contributed by atoms with Crippen LogP contribution in [0.25, 0.3) is 0 Å². The maximum absolute atomic E-state index is 12.9. The van der Waals surface area contributed by atoms with E-state index in [0.717, 1.165) is 0 Å². The fourth-order valence-electron chi connectivity index (χ4n) is 0.983. The number of hydrogen-bond acceptors (Lipinski definition) is 2. The van der Waals surface area contributed by atoms with Crippen LogP contribution in [0, 0.1) is 12.7 Å². The number of hydrogen-bond donors (Lipinski definition) is 0. The van der Waals surface area contributed by atoms with Crippen LogP contribution >= 0.6 is 15.9 Å². The molecule has 1 aromatic carbocycles. The van der Waals surface area contributed by atoms with Crippen molar-refractivity contribution in [3.63, 3.8) is 0 Å². The van der Waals surface area contributed by atoms with Gasteiger partial charge < -0.3 is 4.74 Å². The molecule has 0 unspecified atom stereocenters. The molecule has 0 atom stereocenters. The third kappa shape index (κ3) is 1.88. The van der Waals surface area contributed by atoms with Gasteiger partial charge in [0.15, 0.2) is 0 Å². The van der Waals surface area contributed by atoms with Crippen molar-refractivity contribution >= 4 is 21.9 Å². The summed E-state index contributed by atoms with van der Waals surface area (Å²) in [6, 6.07) is 2.63. The molecule has 4 heteroatoms. The first-order chi connectivity index (χ1) is 6.07. The second-order valence-corrected chi connectivity index (χ2v) is 3.32. The van der Waals surface area contributed by atoms with Crippen molar-refractivity contribution in [1.82, 2.24) is 0 Å². The Kier molecular flexibility index (Phi) is 3.03. The number of carbonyl (C=O) groups excluding carboxylic acids is 1. The Morgan fingerprint density at radius 3 is 2.69 bits per heavy atom. The van der Waals surface area contributed by atoms with E-state index in [1.807, 2.05) is 0 Å². The number of esters is 1. The van der Waals surface area contributed by atoms with Crippen LogP contribution in [0.3, 0.4) is 0 Å². The quantitative estimate of drug-likeness (QED) is 0.713. The highest BCUT2D eigenvalue weighted by Gasteiger charge is 2.13. The van der Waals surface area contributed by atoms with Gasteiger partial charge in [0.2, 0.25) is 0 Å². The van der Waals surface area contributed by atoms with E-state index < -0.39 is 5.97 Å². The molecule has 70 valence electrons. The van der Waals surface area contributed by atoms with Crippen molar-refractivity contribution in [2.75, 3.05) is 7.11 Å². The number of halogens is 2. The Morgan fingerprint density at radius 1 is 1.54 bits per heavy atom. The summed E-state index contributed by atoms with van der Waals surface area (Å²) >= 11 is 3.04. The van der Waals surface area contributed by atoms with Gasteiger partial charge in [-0.15, -0.1) is 0 Å². The number of rotatable bonds is 1. The highest BCUT2D eigenvalue weighted by molar-refractivity contribution is 9.10. The van der Waals surface area contributed by atoms with Crippen molar-refractivity contribution in [3.8, 4) is 0 Å². The van der Waals surface area contributed by atoms with Crippen LogP contribution < -0.4 is 0 Å². The third-order valence-electron chi connectivity index (χ3n) is 1.74. The van der Waals surface area contributed by atoms with Crippen LogP contribution in [-0.2, 0) is 4.74 Å². The average Bonchev–Trinajstić information content (AvgIpc) is 2.13. The average molecular weight is 247 g/mol. The molecule has 1 rings (SSSR count). The molecule has 0 aliphatic carbocycles. The Morgan fingerprint density at radius 2 is 2.15 bits per heavy atom. The first-order valence-corrected chi connectivity index (χ1v) is 4.40. The lowest BCUT2D eigenvalue weighted by Crippen LogP contribution is -2.04. The summed E-state index contributed by atoms with van der Waals surface area (Å²) in [4.78, 5) is 11.1. The topological polar surface area (TPSA) is 26.3 Å². The molecule has 0 spiro atoms. The number of ether oxygens (including phenoxy) is 1.